The third-order valence-electron chi connectivity index (χ3n) is 5.67. The molecule has 2 aliphatic rings. The first-order valence-corrected chi connectivity index (χ1v) is 10.4. The standard InChI is InChI=1S/C20H30F3N5O/c1-13(24)26-19(29)17-11-14(20(21,22)23)12-25-18(17)28-9-7-16(8-10-28)27-15-5-3-2-4-6-15/h11-13,15-16,27H,2-10,24H2,1H3,(H,26,29). The Morgan fingerprint density at radius 2 is 1.79 bits per heavy atom. The van der Waals surface area contributed by atoms with Gasteiger partial charge < -0.3 is 21.3 Å². The van der Waals surface area contributed by atoms with Crippen molar-refractivity contribution in [2.45, 2.75) is 76.3 Å². The largest absolute Gasteiger partial charge is 0.417 e. The Morgan fingerprint density at radius 1 is 1.17 bits per heavy atom. The predicted molar refractivity (Wildman–Crippen MR) is 106 cm³/mol. The molecule has 2 fully saturated rings. The molecule has 1 aliphatic carbocycles. The number of halogens is 3. The van der Waals surface area contributed by atoms with Gasteiger partial charge >= 0.3 is 6.18 Å². The summed E-state index contributed by atoms with van der Waals surface area (Å²) in [7, 11) is 0. The predicted octanol–water partition coefficient (Wildman–Crippen LogP) is 3.03. The van der Waals surface area contributed by atoms with Crippen molar-refractivity contribution in [2.75, 3.05) is 18.0 Å². The molecule has 1 saturated heterocycles. The monoisotopic (exact) mass is 413 g/mol. The quantitative estimate of drug-likeness (QED) is 0.647. The number of nitrogens with zero attached hydrogens (tertiary/aromatic N) is 2. The highest BCUT2D eigenvalue weighted by atomic mass is 19.4. The van der Waals surface area contributed by atoms with E-state index < -0.39 is 23.8 Å². The Bertz CT molecular complexity index is 696. The summed E-state index contributed by atoms with van der Waals surface area (Å²) in [6.07, 6.45) is 3.56. The summed E-state index contributed by atoms with van der Waals surface area (Å²) in [5.41, 5.74) is 4.57. The molecule has 9 heteroatoms. The van der Waals surface area contributed by atoms with Crippen LogP contribution >= 0.6 is 0 Å². The van der Waals surface area contributed by atoms with Crippen LogP contribution in [0, 0.1) is 0 Å². The Labute approximate surface area is 169 Å². The Hall–Kier alpha value is -1.87. The molecule has 0 spiro atoms. The number of aromatic nitrogens is 1. The lowest BCUT2D eigenvalue weighted by Crippen LogP contribution is -2.47. The normalized spacial score (nSPS) is 20.5. The maximum atomic E-state index is 13.1. The zero-order valence-corrected chi connectivity index (χ0v) is 16.8. The second kappa shape index (κ2) is 9.30. The van der Waals surface area contributed by atoms with Crippen molar-refractivity contribution in [1.82, 2.24) is 15.6 Å². The zero-order chi connectivity index (χ0) is 21.0. The molecular formula is C20H30F3N5O. The van der Waals surface area contributed by atoms with E-state index in [-0.39, 0.29) is 11.4 Å². The molecule has 4 N–H and O–H groups in total. The summed E-state index contributed by atoms with van der Waals surface area (Å²) in [5.74, 6) is -0.358. The number of carbonyl (C=O) groups is 1. The van der Waals surface area contributed by atoms with Crippen molar-refractivity contribution < 1.29 is 18.0 Å². The third kappa shape index (κ3) is 5.82. The summed E-state index contributed by atoms with van der Waals surface area (Å²) in [5, 5.41) is 6.20. The van der Waals surface area contributed by atoms with Crippen molar-refractivity contribution in [1.29, 1.82) is 0 Å². The molecule has 1 saturated carbocycles. The van der Waals surface area contributed by atoms with Crippen LogP contribution in [0.15, 0.2) is 12.3 Å². The fraction of sp³-hybridized carbons (Fsp3) is 0.700. The van der Waals surface area contributed by atoms with Gasteiger partial charge in [0.15, 0.2) is 0 Å². The van der Waals surface area contributed by atoms with Gasteiger partial charge in [-0.25, -0.2) is 4.98 Å². The first-order chi connectivity index (χ1) is 13.7. The molecule has 1 aromatic heterocycles. The highest BCUT2D eigenvalue weighted by Crippen LogP contribution is 2.32. The first kappa shape index (κ1) is 21.8. The van der Waals surface area contributed by atoms with E-state index in [1.807, 2.05) is 4.90 Å². The minimum absolute atomic E-state index is 0.0872. The lowest BCUT2D eigenvalue weighted by molar-refractivity contribution is -0.137. The number of nitrogens with one attached hydrogen (secondary N) is 2. The van der Waals surface area contributed by atoms with E-state index in [2.05, 4.69) is 15.6 Å². The fourth-order valence-corrected chi connectivity index (χ4v) is 4.18. The highest BCUT2D eigenvalue weighted by Gasteiger charge is 2.34. The second-order valence-electron chi connectivity index (χ2n) is 8.12. The van der Waals surface area contributed by atoms with Crippen LogP contribution in [0.4, 0.5) is 19.0 Å². The summed E-state index contributed by atoms with van der Waals surface area (Å²) >= 11 is 0. The maximum Gasteiger partial charge on any atom is 0.417 e. The van der Waals surface area contributed by atoms with Gasteiger partial charge in [-0.3, -0.25) is 4.79 Å². The number of amides is 1. The van der Waals surface area contributed by atoms with E-state index in [9.17, 15) is 18.0 Å². The molecule has 0 radical (unpaired) electrons. The van der Waals surface area contributed by atoms with Gasteiger partial charge in [-0.2, -0.15) is 13.2 Å². The van der Waals surface area contributed by atoms with E-state index >= 15 is 0 Å². The first-order valence-electron chi connectivity index (χ1n) is 10.4. The number of anilines is 1. The minimum Gasteiger partial charge on any atom is -0.356 e. The molecule has 1 aromatic rings. The Kier molecular flexibility index (Phi) is 7.00. The fourth-order valence-electron chi connectivity index (χ4n) is 4.18. The van der Waals surface area contributed by atoms with E-state index in [0.717, 1.165) is 25.1 Å². The summed E-state index contributed by atoms with van der Waals surface area (Å²) in [4.78, 5) is 18.4. The number of pyridine rings is 1. The summed E-state index contributed by atoms with van der Waals surface area (Å²) < 4.78 is 39.4. The van der Waals surface area contributed by atoms with Gasteiger partial charge in [0.25, 0.3) is 5.91 Å². The van der Waals surface area contributed by atoms with Crippen molar-refractivity contribution >= 4 is 11.7 Å². The molecule has 1 atom stereocenters. The number of alkyl halides is 3. The van der Waals surface area contributed by atoms with Gasteiger partial charge in [-0.15, -0.1) is 0 Å². The van der Waals surface area contributed by atoms with E-state index in [0.29, 0.717) is 25.2 Å². The number of hydrogen-bond donors (Lipinski definition) is 3. The summed E-state index contributed by atoms with van der Waals surface area (Å²) in [6.45, 7) is 2.84. The molecule has 3 rings (SSSR count). The number of piperidine rings is 1. The lowest BCUT2D eigenvalue weighted by Gasteiger charge is -2.36. The van der Waals surface area contributed by atoms with E-state index in [4.69, 9.17) is 5.73 Å². The third-order valence-corrected chi connectivity index (χ3v) is 5.67. The number of hydrogen-bond acceptors (Lipinski definition) is 5. The molecule has 0 aromatic carbocycles. The van der Waals surface area contributed by atoms with Crippen LogP contribution in [0.5, 0.6) is 0 Å². The van der Waals surface area contributed by atoms with Gasteiger partial charge in [-0.1, -0.05) is 19.3 Å². The van der Waals surface area contributed by atoms with Gasteiger partial charge in [0.05, 0.1) is 17.3 Å². The van der Waals surface area contributed by atoms with Crippen molar-refractivity contribution in [3.05, 3.63) is 23.4 Å². The molecule has 1 unspecified atom stereocenters. The van der Waals surface area contributed by atoms with Gasteiger partial charge in [0, 0.05) is 31.4 Å². The van der Waals surface area contributed by atoms with Crippen molar-refractivity contribution in [2.24, 2.45) is 5.73 Å². The van der Waals surface area contributed by atoms with Crippen LogP contribution in [-0.2, 0) is 6.18 Å². The summed E-state index contributed by atoms with van der Waals surface area (Å²) in [6, 6.07) is 1.83. The van der Waals surface area contributed by atoms with Crippen molar-refractivity contribution in [3.63, 3.8) is 0 Å². The average molecular weight is 413 g/mol. The smallest absolute Gasteiger partial charge is 0.356 e. The average Bonchev–Trinajstić information content (AvgIpc) is 2.68. The molecule has 1 aliphatic heterocycles. The number of nitrogens with two attached hydrogens (primary N) is 1. The number of carbonyl (C=O) groups excluding carboxylic acids is 1. The van der Waals surface area contributed by atoms with Crippen LogP contribution in [-0.4, -0.2) is 42.2 Å². The van der Waals surface area contributed by atoms with Crippen molar-refractivity contribution in [3.8, 4) is 0 Å². The topological polar surface area (TPSA) is 83.3 Å². The van der Waals surface area contributed by atoms with Crippen LogP contribution in [0.25, 0.3) is 0 Å². The van der Waals surface area contributed by atoms with Crippen LogP contribution in [0.3, 0.4) is 0 Å². The number of rotatable bonds is 5. The maximum absolute atomic E-state index is 13.1. The van der Waals surface area contributed by atoms with Gasteiger partial charge in [-0.05, 0) is 38.7 Å². The van der Waals surface area contributed by atoms with Gasteiger partial charge in [0.1, 0.15) is 5.82 Å². The molecule has 6 nitrogen and oxygen atoms in total. The van der Waals surface area contributed by atoms with E-state index in [1.54, 1.807) is 6.92 Å². The zero-order valence-electron chi connectivity index (χ0n) is 16.8. The molecule has 1 amide bonds. The minimum atomic E-state index is -4.56. The molecule has 162 valence electrons. The highest BCUT2D eigenvalue weighted by molar-refractivity contribution is 5.99. The molecule has 29 heavy (non-hydrogen) atoms. The molecule has 2 heterocycles. The van der Waals surface area contributed by atoms with Crippen LogP contribution in [0.1, 0.15) is 67.8 Å². The molecular weight excluding hydrogens is 383 g/mol. The lowest BCUT2D eigenvalue weighted by atomic mass is 9.93. The SMILES string of the molecule is CC(N)NC(=O)c1cc(C(F)(F)F)cnc1N1CCC(NC2CCCCC2)CC1. The van der Waals surface area contributed by atoms with Crippen LogP contribution < -0.4 is 21.3 Å². The Morgan fingerprint density at radius 3 is 2.38 bits per heavy atom. The Balaban J connectivity index is 1.71. The van der Waals surface area contributed by atoms with E-state index in [1.165, 1.54) is 32.1 Å². The second-order valence-corrected chi connectivity index (χ2v) is 8.12. The molecule has 0 bridgehead atoms. The van der Waals surface area contributed by atoms with Gasteiger partial charge in [0.2, 0.25) is 0 Å². The van der Waals surface area contributed by atoms with Crippen LogP contribution in [0.2, 0.25) is 0 Å².